The molecule has 0 saturated carbocycles. The van der Waals surface area contributed by atoms with E-state index in [1.54, 1.807) is 19.4 Å². The van der Waals surface area contributed by atoms with Crippen LogP contribution in [0.1, 0.15) is 21.7 Å². The maximum atomic E-state index is 10.8. The SMILES string of the molecule is COc1ccc(C=O)cc1Cn1ccnc1C. The lowest BCUT2D eigenvalue weighted by atomic mass is 10.1. The summed E-state index contributed by atoms with van der Waals surface area (Å²) in [5, 5.41) is 0. The fourth-order valence-corrected chi connectivity index (χ4v) is 1.75. The molecule has 17 heavy (non-hydrogen) atoms. The topological polar surface area (TPSA) is 44.1 Å². The van der Waals surface area contributed by atoms with Crippen molar-refractivity contribution in [3.8, 4) is 5.75 Å². The molecule has 1 aromatic heterocycles. The first-order chi connectivity index (χ1) is 8.24. The second-order valence-corrected chi connectivity index (χ2v) is 3.79. The first-order valence-electron chi connectivity index (χ1n) is 5.34. The van der Waals surface area contributed by atoms with Gasteiger partial charge in [0.05, 0.1) is 13.7 Å². The third kappa shape index (κ3) is 2.36. The number of carbonyl (C=O) groups is 1. The molecule has 0 bridgehead atoms. The van der Waals surface area contributed by atoms with Gasteiger partial charge in [0.15, 0.2) is 0 Å². The van der Waals surface area contributed by atoms with Crippen LogP contribution in [0.3, 0.4) is 0 Å². The zero-order chi connectivity index (χ0) is 12.3. The van der Waals surface area contributed by atoms with Crippen molar-refractivity contribution in [1.82, 2.24) is 9.55 Å². The molecule has 0 N–H and O–H groups in total. The number of aryl methyl sites for hydroxylation is 1. The summed E-state index contributed by atoms with van der Waals surface area (Å²) in [6.45, 7) is 2.59. The summed E-state index contributed by atoms with van der Waals surface area (Å²) in [5.41, 5.74) is 1.62. The Balaban J connectivity index is 2.36. The summed E-state index contributed by atoms with van der Waals surface area (Å²) in [5.74, 6) is 1.72. The zero-order valence-electron chi connectivity index (χ0n) is 9.88. The van der Waals surface area contributed by atoms with Gasteiger partial charge in [0.1, 0.15) is 17.9 Å². The van der Waals surface area contributed by atoms with E-state index in [-0.39, 0.29) is 0 Å². The average molecular weight is 230 g/mol. The van der Waals surface area contributed by atoms with Crippen LogP contribution in [0.15, 0.2) is 30.6 Å². The lowest BCUT2D eigenvalue weighted by Crippen LogP contribution is -2.03. The normalized spacial score (nSPS) is 10.2. The zero-order valence-corrected chi connectivity index (χ0v) is 9.88. The minimum Gasteiger partial charge on any atom is -0.496 e. The molecule has 0 fully saturated rings. The molecule has 0 saturated heterocycles. The number of aldehydes is 1. The van der Waals surface area contributed by atoms with Gasteiger partial charge < -0.3 is 9.30 Å². The second kappa shape index (κ2) is 4.82. The van der Waals surface area contributed by atoms with Gasteiger partial charge in [-0.1, -0.05) is 0 Å². The van der Waals surface area contributed by atoms with Crippen LogP contribution in [-0.2, 0) is 6.54 Å². The van der Waals surface area contributed by atoms with Crippen molar-refractivity contribution in [2.75, 3.05) is 7.11 Å². The molecule has 2 rings (SSSR count). The number of aromatic nitrogens is 2. The maximum absolute atomic E-state index is 10.8. The summed E-state index contributed by atoms with van der Waals surface area (Å²) < 4.78 is 7.29. The molecule has 0 amide bonds. The third-order valence-electron chi connectivity index (χ3n) is 2.70. The Bertz CT molecular complexity index is 532. The molecule has 0 atom stereocenters. The Morgan fingerprint density at radius 1 is 1.47 bits per heavy atom. The fourth-order valence-electron chi connectivity index (χ4n) is 1.75. The van der Waals surface area contributed by atoms with E-state index in [1.165, 1.54) is 0 Å². The Morgan fingerprint density at radius 2 is 2.29 bits per heavy atom. The van der Waals surface area contributed by atoms with Gasteiger partial charge in [-0.25, -0.2) is 4.98 Å². The third-order valence-corrected chi connectivity index (χ3v) is 2.70. The van der Waals surface area contributed by atoms with Crippen molar-refractivity contribution < 1.29 is 9.53 Å². The van der Waals surface area contributed by atoms with Gasteiger partial charge in [-0.05, 0) is 25.1 Å². The van der Waals surface area contributed by atoms with Crippen LogP contribution in [0, 0.1) is 6.92 Å². The van der Waals surface area contributed by atoms with Gasteiger partial charge in [0.2, 0.25) is 0 Å². The quantitative estimate of drug-likeness (QED) is 0.755. The van der Waals surface area contributed by atoms with Crippen molar-refractivity contribution in [2.24, 2.45) is 0 Å². The molecular weight excluding hydrogens is 216 g/mol. The molecule has 0 aliphatic rings. The average Bonchev–Trinajstić information content (AvgIpc) is 2.75. The highest BCUT2D eigenvalue weighted by molar-refractivity contribution is 5.75. The van der Waals surface area contributed by atoms with Crippen LogP contribution in [-0.4, -0.2) is 22.9 Å². The number of hydrogen-bond donors (Lipinski definition) is 0. The van der Waals surface area contributed by atoms with Gasteiger partial charge in [0, 0.05) is 23.5 Å². The molecule has 0 aliphatic carbocycles. The fraction of sp³-hybridized carbons (Fsp3) is 0.231. The summed E-state index contributed by atoms with van der Waals surface area (Å²) in [4.78, 5) is 14.9. The summed E-state index contributed by atoms with van der Waals surface area (Å²) in [6.07, 6.45) is 4.50. The largest absolute Gasteiger partial charge is 0.496 e. The number of carbonyl (C=O) groups excluding carboxylic acids is 1. The highest BCUT2D eigenvalue weighted by Gasteiger charge is 2.06. The van der Waals surface area contributed by atoms with Crippen LogP contribution < -0.4 is 4.74 Å². The van der Waals surface area contributed by atoms with Gasteiger partial charge in [-0.2, -0.15) is 0 Å². The van der Waals surface area contributed by atoms with Crippen molar-refractivity contribution in [3.05, 3.63) is 47.5 Å². The molecule has 4 heteroatoms. The van der Waals surface area contributed by atoms with Gasteiger partial charge in [-0.15, -0.1) is 0 Å². The number of nitrogens with zero attached hydrogens (tertiary/aromatic N) is 2. The van der Waals surface area contributed by atoms with Gasteiger partial charge in [0.25, 0.3) is 0 Å². The second-order valence-electron chi connectivity index (χ2n) is 3.79. The number of ether oxygens (including phenoxy) is 1. The molecule has 0 radical (unpaired) electrons. The van der Waals surface area contributed by atoms with Crippen LogP contribution >= 0.6 is 0 Å². The maximum Gasteiger partial charge on any atom is 0.150 e. The highest BCUT2D eigenvalue weighted by Crippen LogP contribution is 2.20. The monoisotopic (exact) mass is 230 g/mol. The summed E-state index contributed by atoms with van der Waals surface area (Å²) in [7, 11) is 1.63. The minimum absolute atomic E-state index is 0.649. The Kier molecular flexibility index (Phi) is 3.23. The lowest BCUT2D eigenvalue weighted by Gasteiger charge is -2.10. The van der Waals surface area contributed by atoms with E-state index in [0.29, 0.717) is 12.1 Å². The standard InChI is InChI=1S/C13H14N2O2/c1-10-14-5-6-15(10)8-12-7-11(9-16)3-4-13(12)17-2/h3-7,9H,8H2,1-2H3. The summed E-state index contributed by atoms with van der Waals surface area (Å²) >= 11 is 0. The number of methoxy groups -OCH3 is 1. The number of rotatable bonds is 4. The molecule has 0 aliphatic heterocycles. The first kappa shape index (κ1) is 11.4. The molecule has 4 nitrogen and oxygen atoms in total. The van der Waals surface area contributed by atoms with E-state index < -0.39 is 0 Å². The summed E-state index contributed by atoms with van der Waals surface area (Å²) in [6, 6.07) is 5.40. The van der Waals surface area contributed by atoms with E-state index in [9.17, 15) is 4.79 Å². The molecule has 0 unspecified atom stereocenters. The molecule has 1 heterocycles. The lowest BCUT2D eigenvalue weighted by molar-refractivity contribution is 0.112. The van der Waals surface area contributed by atoms with Crippen LogP contribution in [0.2, 0.25) is 0 Å². The highest BCUT2D eigenvalue weighted by atomic mass is 16.5. The van der Waals surface area contributed by atoms with Crippen LogP contribution in [0.25, 0.3) is 0 Å². The molecule has 88 valence electrons. The Morgan fingerprint density at radius 3 is 2.88 bits per heavy atom. The van der Waals surface area contributed by atoms with Crippen LogP contribution in [0.4, 0.5) is 0 Å². The van der Waals surface area contributed by atoms with Crippen molar-refractivity contribution >= 4 is 6.29 Å². The molecular formula is C13H14N2O2. The van der Waals surface area contributed by atoms with Crippen molar-refractivity contribution in [2.45, 2.75) is 13.5 Å². The predicted molar refractivity (Wildman–Crippen MR) is 64.4 cm³/mol. The molecule has 0 spiro atoms. The molecule has 1 aromatic carbocycles. The van der Waals surface area contributed by atoms with E-state index in [0.717, 1.165) is 23.4 Å². The van der Waals surface area contributed by atoms with Gasteiger partial charge in [-0.3, -0.25) is 4.79 Å². The van der Waals surface area contributed by atoms with E-state index >= 15 is 0 Å². The smallest absolute Gasteiger partial charge is 0.150 e. The number of imidazole rings is 1. The molecule has 2 aromatic rings. The van der Waals surface area contributed by atoms with Crippen LogP contribution in [0.5, 0.6) is 5.75 Å². The minimum atomic E-state index is 0.649. The Hall–Kier alpha value is -2.10. The van der Waals surface area contributed by atoms with Gasteiger partial charge >= 0.3 is 0 Å². The van der Waals surface area contributed by atoms with E-state index in [4.69, 9.17) is 4.74 Å². The van der Waals surface area contributed by atoms with Crippen molar-refractivity contribution in [1.29, 1.82) is 0 Å². The first-order valence-corrected chi connectivity index (χ1v) is 5.34. The number of benzene rings is 1. The van der Waals surface area contributed by atoms with E-state index in [2.05, 4.69) is 4.98 Å². The van der Waals surface area contributed by atoms with Crippen molar-refractivity contribution in [3.63, 3.8) is 0 Å². The number of hydrogen-bond acceptors (Lipinski definition) is 3. The Labute approximate surface area is 99.9 Å². The van der Waals surface area contributed by atoms with E-state index in [1.807, 2.05) is 29.8 Å². The predicted octanol–water partition coefficient (Wildman–Crippen LogP) is 2.06.